The van der Waals surface area contributed by atoms with Crippen molar-refractivity contribution in [3.8, 4) is 22.3 Å². The van der Waals surface area contributed by atoms with Gasteiger partial charge in [-0.05, 0) is 96.4 Å². The van der Waals surface area contributed by atoms with Gasteiger partial charge >= 0.3 is 0 Å². The van der Waals surface area contributed by atoms with E-state index >= 15 is 0 Å². The van der Waals surface area contributed by atoms with Gasteiger partial charge in [-0.15, -0.1) is 0 Å². The van der Waals surface area contributed by atoms with Gasteiger partial charge in [-0.25, -0.2) is 8.78 Å². The Kier molecular flexibility index (Phi) is 6.90. The molecular formula is C24H26F2N2. The monoisotopic (exact) mass is 380 g/mol. The summed E-state index contributed by atoms with van der Waals surface area (Å²) in [5, 5.41) is 0. The molecule has 0 saturated heterocycles. The van der Waals surface area contributed by atoms with E-state index in [4.69, 9.17) is 11.5 Å². The smallest absolute Gasteiger partial charge is 0.123 e. The van der Waals surface area contributed by atoms with Gasteiger partial charge in [0.25, 0.3) is 0 Å². The number of hydrogen-bond acceptors (Lipinski definition) is 2. The molecule has 28 heavy (non-hydrogen) atoms. The zero-order valence-electron chi connectivity index (χ0n) is 15.9. The minimum atomic E-state index is -0.260. The van der Waals surface area contributed by atoms with Crippen LogP contribution >= 0.6 is 0 Å². The van der Waals surface area contributed by atoms with Crippen molar-refractivity contribution in [2.24, 2.45) is 17.4 Å². The molecule has 0 aromatic heterocycles. The predicted octanol–water partition coefficient (Wildman–Crippen LogP) is 5.16. The highest BCUT2D eigenvalue weighted by Gasteiger charge is 2.12. The van der Waals surface area contributed by atoms with E-state index in [1.807, 2.05) is 0 Å². The molecule has 3 aromatic carbocycles. The molecule has 0 atom stereocenters. The summed E-state index contributed by atoms with van der Waals surface area (Å²) in [6, 6.07) is 19.3. The molecule has 0 bridgehead atoms. The lowest BCUT2D eigenvalue weighted by Gasteiger charge is -2.17. The maximum absolute atomic E-state index is 13.3. The van der Waals surface area contributed by atoms with E-state index in [2.05, 4.69) is 18.2 Å². The van der Waals surface area contributed by atoms with Crippen LogP contribution in [0.5, 0.6) is 0 Å². The van der Waals surface area contributed by atoms with Crippen LogP contribution in [0.3, 0.4) is 0 Å². The highest BCUT2D eigenvalue weighted by molar-refractivity contribution is 5.74. The lowest BCUT2D eigenvalue weighted by atomic mass is 9.89. The third-order valence-corrected chi connectivity index (χ3v) is 5.02. The molecule has 2 nitrogen and oxygen atoms in total. The molecular weight excluding hydrogens is 354 g/mol. The highest BCUT2D eigenvalue weighted by atomic mass is 19.1. The minimum Gasteiger partial charge on any atom is -0.330 e. The van der Waals surface area contributed by atoms with Gasteiger partial charge in [0, 0.05) is 0 Å². The zero-order chi connectivity index (χ0) is 19.9. The van der Waals surface area contributed by atoms with E-state index in [-0.39, 0.29) is 11.6 Å². The molecule has 3 aromatic rings. The first-order valence-corrected chi connectivity index (χ1v) is 9.65. The fraction of sp³-hybridized carbons (Fsp3) is 0.250. The Bertz CT molecular complexity index is 820. The maximum atomic E-state index is 13.3. The van der Waals surface area contributed by atoms with Crippen LogP contribution in [0.1, 0.15) is 18.4 Å². The number of nitrogens with two attached hydrogens (primary N) is 2. The fourth-order valence-corrected chi connectivity index (χ4v) is 3.58. The summed E-state index contributed by atoms with van der Waals surface area (Å²) in [5.74, 6) is -0.103. The molecule has 3 rings (SSSR count). The van der Waals surface area contributed by atoms with Gasteiger partial charge in [0.2, 0.25) is 0 Å². The Balaban J connectivity index is 2.02. The molecule has 0 spiro atoms. The molecule has 0 unspecified atom stereocenters. The van der Waals surface area contributed by atoms with Crippen LogP contribution in [0, 0.1) is 17.6 Å². The van der Waals surface area contributed by atoms with Gasteiger partial charge in [-0.2, -0.15) is 0 Å². The van der Waals surface area contributed by atoms with Crippen LogP contribution in [0.25, 0.3) is 22.3 Å². The number of rotatable bonds is 8. The quantitative estimate of drug-likeness (QED) is 0.567. The van der Waals surface area contributed by atoms with Gasteiger partial charge in [-0.1, -0.05) is 36.4 Å². The van der Waals surface area contributed by atoms with E-state index in [9.17, 15) is 8.78 Å². The normalized spacial score (nSPS) is 11.2. The van der Waals surface area contributed by atoms with Crippen LogP contribution in [0.4, 0.5) is 8.78 Å². The van der Waals surface area contributed by atoms with Crippen molar-refractivity contribution in [2.75, 3.05) is 13.1 Å². The molecule has 0 heterocycles. The number of halogens is 2. The van der Waals surface area contributed by atoms with E-state index in [1.54, 1.807) is 24.3 Å². The van der Waals surface area contributed by atoms with E-state index in [1.165, 1.54) is 29.8 Å². The second kappa shape index (κ2) is 9.58. The predicted molar refractivity (Wildman–Crippen MR) is 112 cm³/mol. The highest BCUT2D eigenvalue weighted by Crippen LogP contribution is 2.30. The Labute approximate surface area is 165 Å². The molecule has 4 N–H and O–H groups in total. The first kappa shape index (κ1) is 20.2. The van der Waals surface area contributed by atoms with E-state index in [0.29, 0.717) is 19.0 Å². The summed E-state index contributed by atoms with van der Waals surface area (Å²) in [5.41, 5.74) is 16.6. The van der Waals surface area contributed by atoms with Crippen LogP contribution in [-0.2, 0) is 6.42 Å². The molecule has 0 amide bonds. The average Bonchev–Trinajstić information content (AvgIpc) is 2.69. The Morgan fingerprint density at radius 1 is 0.607 bits per heavy atom. The Morgan fingerprint density at radius 3 is 1.43 bits per heavy atom. The lowest BCUT2D eigenvalue weighted by Crippen LogP contribution is -2.15. The van der Waals surface area contributed by atoms with Gasteiger partial charge < -0.3 is 11.5 Å². The summed E-state index contributed by atoms with van der Waals surface area (Å²) < 4.78 is 26.7. The van der Waals surface area contributed by atoms with Crippen molar-refractivity contribution in [3.63, 3.8) is 0 Å². The van der Waals surface area contributed by atoms with E-state index < -0.39 is 0 Å². The van der Waals surface area contributed by atoms with Crippen molar-refractivity contribution in [1.82, 2.24) is 0 Å². The first-order valence-electron chi connectivity index (χ1n) is 9.65. The fourth-order valence-electron chi connectivity index (χ4n) is 3.58. The van der Waals surface area contributed by atoms with Crippen molar-refractivity contribution in [2.45, 2.75) is 19.3 Å². The summed E-state index contributed by atoms with van der Waals surface area (Å²) in [4.78, 5) is 0. The van der Waals surface area contributed by atoms with Gasteiger partial charge in [0.15, 0.2) is 0 Å². The van der Waals surface area contributed by atoms with Crippen molar-refractivity contribution in [1.29, 1.82) is 0 Å². The van der Waals surface area contributed by atoms with Crippen molar-refractivity contribution in [3.05, 3.63) is 83.9 Å². The largest absolute Gasteiger partial charge is 0.330 e. The summed E-state index contributed by atoms with van der Waals surface area (Å²) in [6.45, 7) is 1.26. The van der Waals surface area contributed by atoms with Gasteiger partial charge in [0.05, 0.1) is 0 Å². The van der Waals surface area contributed by atoms with Crippen LogP contribution in [-0.4, -0.2) is 13.1 Å². The van der Waals surface area contributed by atoms with Crippen LogP contribution < -0.4 is 11.5 Å². The second-order valence-corrected chi connectivity index (χ2v) is 7.16. The van der Waals surface area contributed by atoms with Crippen molar-refractivity contribution >= 4 is 0 Å². The minimum absolute atomic E-state index is 0.260. The van der Waals surface area contributed by atoms with Gasteiger partial charge in [0.1, 0.15) is 11.6 Å². The summed E-state index contributed by atoms with van der Waals surface area (Å²) in [6.07, 6.45) is 2.71. The van der Waals surface area contributed by atoms with Gasteiger partial charge in [-0.3, -0.25) is 0 Å². The number of benzene rings is 3. The zero-order valence-corrected chi connectivity index (χ0v) is 15.9. The Morgan fingerprint density at radius 2 is 1.04 bits per heavy atom. The van der Waals surface area contributed by atoms with Crippen molar-refractivity contribution < 1.29 is 8.78 Å². The summed E-state index contributed by atoms with van der Waals surface area (Å²) in [7, 11) is 0. The molecule has 0 aliphatic rings. The van der Waals surface area contributed by atoms with Crippen LogP contribution in [0.15, 0.2) is 66.7 Å². The second-order valence-electron chi connectivity index (χ2n) is 7.16. The molecule has 0 fully saturated rings. The molecule has 0 radical (unpaired) electrons. The molecule has 0 aliphatic carbocycles. The molecule has 146 valence electrons. The Hall–Kier alpha value is -2.56. The van der Waals surface area contributed by atoms with Crippen LogP contribution in [0.2, 0.25) is 0 Å². The number of hydrogen-bond donors (Lipinski definition) is 2. The molecule has 4 heteroatoms. The lowest BCUT2D eigenvalue weighted by molar-refractivity contribution is 0.461. The topological polar surface area (TPSA) is 52.0 Å². The third-order valence-electron chi connectivity index (χ3n) is 5.02. The standard InChI is InChI=1S/C24H26F2N2/c25-23-5-1-19(2-6-23)21-14-18(13-17(9-11-27)10-12-28)15-22(16-21)20-3-7-24(26)8-4-20/h1-8,14-17H,9-13,27-28H2. The molecule has 0 aliphatic heterocycles. The average molecular weight is 380 g/mol. The molecule has 0 saturated carbocycles. The SMILES string of the molecule is NCCC(CCN)Cc1cc(-c2ccc(F)cc2)cc(-c2ccc(F)cc2)c1. The third kappa shape index (κ3) is 5.24. The summed E-state index contributed by atoms with van der Waals surface area (Å²) >= 11 is 0. The first-order chi connectivity index (χ1) is 13.6. The maximum Gasteiger partial charge on any atom is 0.123 e. The van der Waals surface area contributed by atoms with E-state index in [0.717, 1.165) is 41.5 Å².